The number of hydrogen-bond acceptors (Lipinski definition) is 2. The summed E-state index contributed by atoms with van der Waals surface area (Å²) < 4.78 is 2.12. The molecule has 16 heavy (non-hydrogen) atoms. The van der Waals surface area contributed by atoms with Crippen LogP contribution >= 0.6 is 0 Å². The first-order chi connectivity index (χ1) is 7.79. The van der Waals surface area contributed by atoms with Crippen LogP contribution in [-0.4, -0.2) is 16.1 Å². The van der Waals surface area contributed by atoms with Crippen molar-refractivity contribution in [3.63, 3.8) is 0 Å². The van der Waals surface area contributed by atoms with Gasteiger partial charge in [0.25, 0.3) is 0 Å². The fraction of sp³-hybridized carbons (Fsp3) is 0.769. The van der Waals surface area contributed by atoms with Crippen LogP contribution < -0.4 is 5.32 Å². The third-order valence-electron chi connectivity index (χ3n) is 2.97. The van der Waals surface area contributed by atoms with Crippen LogP contribution in [0.4, 0.5) is 0 Å². The molecule has 0 aliphatic rings. The molecule has 0 saturated carbocycles. The van der Waals surface area contributed by atoms with Gasteiger partial charge in [0, 0.05) is 19.4 Å². The Balaban J connectivity index is 2.45. The SMILES string of the molecule is CCCCCCC(NCC)c1nccn1C. The van der Waals surface area contributed by atoms with E-state index in [2.05, 4.69) is 35.8 Å². The quantitative estimate of drug-likeness (QED) is 0.686. The van der Waals surface area contributed by atoms with Crippen LogP contribution in [0.3, 0.4) is 0 Å². The Kier molecular flexibility index (Phi) is 6.16. The van der Waals surface area contributed by atoms with Crippen molar-refractivity contribution >= 4 is 0 Å². The molecule has 0 aliphatic carbocycles. The van der Waals surface area contributed by atoms with E-state index in [0.717, 1.165) is 6.54 Å². The molecule has 1 aromatic heterocycles. The van der Waals surface area contributed by atoms with Crippen LogP contribution in [-0.2, 0) is 7.05 Å². The van der Waals surface area contributed by atoms with Crippen molar-refractivity contribution in [1.29, 1.82) is 0 Å². The molecule has 1 heterocycles. The van der Waals surface area contributed by atoms with Gasteiger partial charge < -0.3 is 9.88 Å². The second-order valence-electron chi connectivity index (χ2n) is 4.36. The summed E-state index contributed by atoms with van der Waals surface area (Å²) >= 11 is 0. The molecule has 1 unspecified atom stereocenters. The van der Waals surface area contributed by atoms with Crippen molar-refractivity contribution in [2.45, 2.75) is 52.0 Å². The highest BCUT2D eigenvalue weighted by Crippen LogP contribution is 2.18. The van der Waals surface area contributed by atoms with Gasteiger partial charge in [0.15, 0.2) is 0 Å². The zero-order valence-electron chi connectivity index (χ0n) is 10.9. The molecule has 1 atom stereocenters. The standard InChI is InChI=1S/C13H25N3/c1-4-6-7-8-9-12(14-5-2)13-15-10-11-16(13)3/h10-12,14H,4-9H2,1-3H3. The summed E-state index contributed by atoms with van der Waals surface area (Å²) in [6.45, 7) is 5.41. The fourth-order valence-electron chi connectivity index (χ4n) is 2.06. The molecule has 0 fully saturated rings. The van der Waals surface area contributed by atoms with Gasteiger partial charge in [0.1, 0.15) is 5.82 Å². The highest BCUT2D eigenvalue weighted by molar-refractivity contribution is 4.98. The number of imidazole rings is 1. The minimum Gasteiger partial charge on any atom is -0.337 e. The minimum absolute atomic E-state index is 0.418. The predicted octanol–water partition coefficient (Wildman–Crippen LogP) is 3.04. The molecule has 0 aliphatic heterocycles. The molecule has 0 amide bonds. The lowest BCUT2D eigenvalue weighted by molar-refractivity contribution is 0.452. The first-order valence-electron chi connectivity index (χ1n) is 6.50. The second kappa shape index (κ2) is 7.44. The van der Waals surface area contributed by atoms with E-state index in [1.165, 1.54) is 37.9 Å². The third-order valence-corrected chi connectivity index (χ3v) is 2.97. The molecule has 1 aromatic rings. The zero-order chi connectivity index (χ0) is 11.8. The van der Waals surface area contributed by atoms with Crippen LogP contribution in [0.5, 0.6) is 0 Å². The van der Waals surface area contributed by atoms with E-state index in [9.17, 15) is 0 Å². The lowest BCUT2D eigenvalue weighted by Crippen LogP contribution is -2.23. The summed E-state index contributed by atoms with van der Waals surface area (Å²) in [6.07, 6.45) is 10.4. The van der Waals surface area contributed by atoms with Crippen molar-refractivity contribution in [3.05, 3.63) is 18.2 Å². The van der Waals surface area contributed by atoms with E-state index < -0.39 is 0 Å². The maximum absolute atomic E-state index is 4.43. The molecule has 3 heteroatoms. The molecule has 0 bridgehead atoms. The predicted molar refractivity (Wildman–Crippen MR) is 68.4 cm³/mol. The lowest BCUT2D eigenvalue weighted by atomic mass is 10.1. The summed E-state index contributed by atoms with van der Waals surface area (Å²) in [6, 6.07) is 0.418. The Morgan fingerprint density at radius 3 is 2.69 bits per heavy atom. The molecule has 92 valence electrons. The average Bonchev–Trinajstić information content (AvgIpc) is 2.69. The van der Waals surface area contributed by atoms with Gasteiger partial charge >= 0.3 is 0 Å². The summed E-state index contributed by atoms with van der Waals surface area (Å²) in [7, 11) is 2.07. The Hall–Kier alpha value is -0.830. The first kappa shape index (κ1) is 13.2. The summed E-state index contributed by atoms with van der Waals surface area (Å²) in [5.41, 5.74) is 0. The van der Waals surface area contributed by atoms with Gasteiger partial charge in [-0.25, -0.2) is 4.98 Å². The Bertz CT molecular complexity index is 280. The van der Waals surface area contributed by atoms with E-state index >= 15 is 0 Å². The van der Waals surface area contributed by atoms with Crippen molar-refractivity contribution in [2.24, 2.45) is 7.05 Å². The molecule has 0 aromatic carbocycles. The van der Waals surface area contributed by atoms with Gasteiger partial charge in [0.05, 0.1) is 6.04 Å². The Labute approximate surface area is 99.3 Å². The van der Waals surface area contributed by atoms with Crippen molar-refractivity contribution in [3.8, 4) is 0 Å². The minimum atomic E-state index is 0.418. The Morgan fingerprint density at radius 2 is 2.12 bits per heavy atom. The number of nitrogens with zero attached hydrogens (tertiary/aromatic N) is 2. The van der Waals surface area contributed by atoms with Gasteiger partial charge in [0.2, 0.25) is 0 Å². The summed E-state index contributed by atoms with van der Waals surface area (Å²) in [5, 5.41) is 3.52. The van der Waals surface area contributed by atoms with Gasteiger partial charge in [-0.3, -0.25) is 0 Å². The maximum atomic E-state index is 4.43. The largest absolute Gasteiger partial charge is 0.337 e. The smallest absolute Gasteiger partial charge is 0.125 e. The van der Waals surface area contributed by atoms with Crippen LogP contribution in [0.25, 0.3) is 0 Å². The highest BCUT2D eigenvalue weighted by Gasteiger charge is 2.13. The lowest BCUT2D eigenvalue weighted by Gasteiger charge is -2.17. The molecule has 0 spiro atoms. The van der Waals surface area contributed by atoms with E-state index in [1.54, 1.807) is 0 Å². The van der Waals surface area contributed by atoms with Crippen LogP contribution in [0.15, 0.2) is 12.4 Å². The number of unbranched alkanes of at least 4 members (excludes halogenated alkanes) is 3. The average molecular weight is 223 g/mol. The molecule has 1 rings (SSSR count). The number of nitrogens with one attached hydrogen (secondary N) is 1. The first-order valence-corrected chi connectivity index (χ1v) is 6.50. The normalized spacial score (nSPS) is 12.9. The maximum Gasteiger partial charge on any atom is 0.125 e. The number of aryl methyl sites for hydroxylation is 1. The van der Waals surface area contributed by atoms with Crippen LogP contribution in [0.1, 0.15) is 57.8 Å². The highest BCUT2D eigenvalue weighted by atomic mass is 15.1. The number of hydrogen-bond donors (Lipinski definition) is 1. The third kappa shape index (κ3) is 3.97. The molecule has 0 saturated heterocycles. The summed E-state index contributed by atoms with van der Waals surface area (Å²) in [4.78, 5) is 4.43. The van der Waals surface area contributed by atoms with E-state index in [0.29, 0.717) is 6.04 Å². The number of aromatic nitrogens is 2. The fourth-order valence-corrected chi connectivity index (χ4v) is 2.06. The van der Waals surface area contributed by atoms with Crippen molar-refractivity contribution in [2.75, 3.05) is 6.54 Å². The number of rotatable bonds is 8. The molecular formula is C13H25N3. The molecule has 1 N–H and O–H groups in total. The van der Waals surface area contributed by atoms with Gasteiger partial charge in [-0.2, -0.15) is 0 Å². The van der Waals surface area contributed by atoms with Crippen LogP contribution in [0, 0.1) is 0 Å². The van der Waals surface area contributed by atoms with Gasteiger partial charge in [-0.1, -0.05) is 39.5 Å². The second-order valence-corrected chi connectivity index (χ2v) is 4.36. The van der Waals surface area contributed by atoms with Gasteiger partial charge in [-0.05, 0) is 13.0 Å². The molecular weight excluding hydrogens is 198 g/mol. The topological polar surface area (TPSA) is 29.9 Å². The Morgan fingerprint density at radius 1 is 1.31 bits per heavy atom. The molecule has 3 nitrogen and oxygen atoms in total. The van der Waals surface area contributed by atoms with E-state index in [1.807, 2.05) is 12.4 Å². The van der Waals surface area contributed by atoms with E-state index in [-0.39, 0.29) is 0 Å². The van der Waals surface area contributed by atoms with Crippen LogP contribution in [0.2, 0.25) is 0 Å². The zero-order valence-corrected chi connectivity index (χ0v) is 10.9. The van der Waals surface area contributed by atoms with E-state index in [4.69, 9.17) is 0 Å². The molecule has 0 radical (unpaired) electrons. The van der Waals surface area contributed by atoms with Crippen molar-refractivity contribution in [1.82, 2.24) is 14.9 Å². The van der Waals surface area contributed by atoms with Crippen molar-refractivity contribution < 1.29 is 0 Å². The van der Waals surface area contributed by atoms with Gasteiger partial charge in [-0.15, -0.1) is 0 Å². The monoisotopic (exact) mass is 223 g/mol. The summed E-state index contributed by atoms with van der Waals surface area (Å²) in [5.74, 6) is 1.17.